The van der Waals surface area contributed by atoms with E-state index in [4.69, 9.17) is 0 Å². The molecule has 1 amide bonds. The molecule has 0 radical (unpaired) electrons. The molecule has 1 aliphatic heterocycles. The molecule has 1 saturated carbocycles. The molecule has 2 unspecified atom stereocenters. The first-order chi connectivity index (χ1) is 12.7. The number of carbonyl (C=O) groups is 1. The van der Waals surface area contributed by atoms with Gasteiger partial charge in [-0.25, -0.2) is 0 Å². The number of rotatable bonds is 5. The highest BCUT2D eigenvalue weighted by Gasteiger charge is 2.57. The van der Waals surface area contributed by atoms with Gasteiger partial charge in [0.1, 0.15) is 0 Å². The molecule has 1 saturated heterocycles. The fraction of sp³-hybridized carbons (Fsp3) is 0.409. The number of benzene rings is 2. The minimum absolute atomic E-state index is 0.185. The van der Waals surface area contributed by atoms with Gasteiger partial charge in [-0.15, -0.1) is 0 Å². The number of carbonyl (C=O) groups excluding carboxylic acids is 1. The Morgan fingerprint density at radius 3 is 2.38 bits per heavy atom. The molecule has 2 fully saturated rings. The Morgan fingerprint density at radius 1 is 1.04 bits per heavy atom. The zero-order valence-electron chi connectivity index (χ0n) is 15.3. The summed E-state index contributed by atoms with van der Waals surface area (Å²) in [6, 6.07) is 18.6. The Morgan fingerprint density at radius 2 is 1.69 bits per heavy atom. The Balaban J connectivity index is 1.32. The molecule has 3 N–H and O–H groups in total. The molecule has 2 aromatic carbocycles. The quantitative estimate of drug-likeness (QED) is 0.759. The van der Waals surface area contributed by atoms with Crippen molar-refractivity contribution in [3.05, 3.63) is 60.2 Å². The van der Waals surface area contributed by atoms with E-state index in [9.17, 15) is 4.79 Å². The van der Waals surface area contributed by atoms with Crippen molar-refractivity contribution in [3.63, 3.8) is 0 Å². The van der Waals surface area contributed by atoms with Crippen molar-refractivity contribution in [1.82, 2.24) is 5.32 Å². The summed E-state index contributed by atoms with van der Waals surface area (Å²) in [5, 5.41) is 9.99. The lowest BCUT2D eigenvalue weighted by molar-refractivity contribution is -0.118. The largest absolute Gasteiger partial charge is 0.379 e. The summed E-state index contributed by atoms with van der Waals surface area (Å²) in [4.78, 5) is 12.5. The van der Waals surface area contributed by atoms with Gasteiger partial charge in [-0.2, -0.15) is 0 Å². The zero-order chi connectivity index (χ0) is 18.0. The smallest absolute Gasteiger partial charge is 0.228 e. The van der Waals surface area contributed by atoms with Crippen molar-refractivity contribution in [2.75, 3.05) is 23.7 Å². The number of anilines is 2. The first-order valence-corrected chi connectivity index (χ1v) is 9.59. The number of piperidine rings is 1. The lowest BCUT2D eigenvalue weighted by Gasteiger charge is -2.23. The van der Waals surface area contributed by atoms with Crippen LogP contribution < -0.4 is 16.0 Å². The summed E-state index contributed by atoms with van der Waals surface area (Å²) in [6.45, 7) is 4.24. The number of hydrogen-bond donors (Lipinski definition) is 3. The number of hydrogen-bond acceptors (Lipinski definition) is 3. The molecule has 1 aliphatic carbocycles. The molecule has 26 heavy (non-hydrogen) atoms. The minimum Gasteiger partial charge on any atom is -0.379 e. The zero-order valence-corrected chi connectivity index (χ0v) is 15.3. The molecule has 2 aromatic rings. The van der Waals surface area contributed by atoms with E-state index in [1.54, 1.807) is 0 Å². The second-order valence-corrected chi connectivity index (χ2v) is 7.71. The maximum atomic E-state index is 12.5. The van der Waals surface area contributed by atoms with Gasteiger partial charge in [0, 0.05) is 23.3 Å². The Kier molecular flexibility index (Phi) is 4.68. The van der Waals surface area contributed by atoms with E-state index in [0.717, 1.165) is 43.7 Å². The van der Waals surface area contributed by atoms with Crippen molar-refractivity contribution in [1.29, 1.82) is 0 Å². The molecular formula is C22H27N3O. The van der Waals surface area contributed by atoms with Gasteiger partial charge in [0.15, 0.2) is 0 Å². The second kappa shape index (κ2) is 7.12. The topological polar surface area (TPSA) is 53.2 Å². The van der Waals surface area contributed by atoms with Crippen LogP contribution in [0.25, 0.3) is 0 Å². The predicted octanol–water partition coefficient (Wildman–Crippen LogP) is 4.19. The highest BCUT2D eigenvalue weighted by Crippen LogP contribution is 2.58. The van der Waals surface area contributed by atoms with E-state index in [0.29, 0.717) is 0 Å². The van der Waals surface area contributed by atoms with E-state index < -0.39 is 0 Å². The fourth-order valence-corrected chi connectivity index (χ4v) is 4.15. The van der Waals surface area contributed by atoms with Gasteiger partial charge in [-0.05, 0) is 74.5 Å². The maximum Gasteiger partial charge on any atom is 0.228 e. The molecule has 1 spiro atoms. The minimum atomic E-state index is 0.185. The van der Waals surface area contributed by atoms with Gasteiger partial charge in [0.05, 0.1) is 0 Å². The van der Waals surface area contributed by atoms with Crippen LogP contribution in [-0.4, -0.2) is 19.0 Å². The van der Waals surface area contributed by atoms with Crippen LogP contribution >= 0.6 is 0 Å². The fourth-order valence-electron chi connectivity index (χ4n) is 4.15. The third kappa shape index (κ3) is 3.61. The molecule has 4 nitrogen and oxygen atoms in total. The van der Waals surface area contributed by atoms with Crippen LogP contribution in [-0.2, 0) is 4.79 Å². The third-order valence-corrected chi connectivity index (χ3v) is 5.94. The summed E-state index contributed by atoms with van der Waals surface area (Å²) in [5.41, 5.74) is 3.47. The van der Waals surface area contributed by atoms with Crippen LogP contribution in [0.3, 0.4) is 0 Å². The summed E-state index contributed by atoms with van der Waals surface area (Å²) >= 11 is 0. The van der Waals surface area contributed by atoms with E-state index >= 15 is 0 Å². The summed E-state index contributed by atoms with van der Waals surface area (Å²) < 4.78 is 0. The predicted molar refractivity (Wildman–Crippen MR) is 106 cm³/mol. The lowest BCUT2D eigenvalue weighted by Crippen LogP contribution is -2.31. The van der Waals surface area contributed by atoms with Crippen LogP contribution in [0.1, 0.15) is 37.8 Å². The summed E-state index contributed by atoms with van der Waals surface area (Å²) in [5.74, 6) is 0.380. The van der Waals surface area contributed by atoms with Gasteiger partial charge in [0.25, 0.3) is 0 Å². The van der Waals surface area contributed by atoms with E-state index in [-0.39, 0.29) is 23.3 Å². The van der Waals surface area contributed by atoms with Crippen LogP contribution in [0, 0.1) is 11.3 Å². The van der Waals surface area contributed by atoms with Crippen molar-refractivity contribution < 1.29 is 4.79 Å². The highest BCUT2D eigenvalue weighted by molar-refractivity contribution is 5.95. The SMILES string of the molecule is CC(Nc1ccc(NC(=O)C2CC23CCNCC3)cc1)c1ccccc1. The van der Waals surface area contributed by atoms with E-state index in [1.165, 1.54) is 5.56 Å². The normalized spacial score (nSPS) is 21.8. The van der Waals surface area contributed by atoms with Gasteiger partial charge < -0.3 is 16.0 Å². The Hall–Kier alpha value is -2.33. The molecule has 0 aromatic heterocycles. The standard InChI is InChI=1S/C22H27N3O/c1-16(17-5-3-2-4-6-17)24-18-7-9-19(10-8-18)25-21(26)20-15-22(20)11-13-23-14-12-22/h2-10,16,20,23-24H,11-15H2,1H3,(H,25,26). The molecule has 4 rings (SSSR count). The Labute approximate surface area is 155 Å². The lowest BCUT2D eigenvalue weighted by atomic mass is 9.92. The van der Waals surface area contributed by atoms with Gasteiger partial charge in [-0.3, -0.25) is 4.79 Å². The van der Waals surface area contributed by atoms with Crippen LogP contribution in [0.2, 0.25) is 0 Å². The maximum absolute atomic E-state index is 12.5. The molecule has 4 heteroatoms. The number of amides is 1. The molecule has 2 aliphatic rings. The highest BCUT2D eigenvalue weighted by atomic mass is 16.2. The van der Waals surface area contributed by atoms with Crippen LogP contribution in [0.15, 0.2) is 54.6 Å². The van der Waals surface area contributed by atoms with E-state index in [2.05, 4.69) is 47.1 Å². The summed E-state index contributed by atoms with van der Waals surface area (Å²) in [7, 11) is 0. The summed E-state index contributed by atoms with van der Waals surface area (Å²) in [6.07, 6.45) is 3.31. The van der Waals surface area contributed by atoms with Gasteiger partial charge in [-0.1, -0.05) is 30.3 Å². The molecule has 0 bridgehead atoms. The van der Waals surface area contributed by atoms with Gasteiger partial charge >= 0.3 is 0 Å². The van der Waals surface area contributed by atoms with E-state index in [1.807, 2.05) is 30.3 Å². The number of nitrogens with one attached hydrogen (secondary N) is 3. The van der Waals surface area contributed by atoms with Crippen molar-refractivity contribution in [2.45, 2.75) is 32.2 Å². The monoisotopic (exact) mass is 349 g/mol. The van der Waals surface area contributed by atoms with Gasteiger partial charge in [0.2, 0.25) is 5.91 Å². The third-order valence-electron chi connectivity index (χ3n) is 5.94. The first kappa shape index (κ1) is 17.1. The van der Waals surface area contributed by atoms with Crippen LogP contribution in [0.5, 0.6) is 0 Å². The van der Waals surface area contributed by atoms with Crippen LogP contribution in [0.4, 0.5) is 11.4 Å². The molecule has 136 valence electrons. The molecule has 2 atom stereocenters. The molecular weight excluding hydrogens is 322 g/mol. The molecule has 1 heterocycles. The average molecular weight is 349 g/mol. The average Bonchev–Trinajstić information content (AvgIpc) is 3.37. The van der Waals surface area contributed by atoms with Crippen molar-refractivity contribution >= 4 is 17.3 Å². The second-order valence-electron chi connectivity index (χ2n) is 7.71. The first-order valence-electron chi connectivity index (χ1n) is 9.59. The Bertz CT molecular complexity index is 751. The van der Waals surface area contributed by atoms with Crippen molar-refractivity contribution in [2.24, 2.45) is 11.3 Å². The van der Waals surface area contributed by atoms with Crippen molar-refractivity contribution in [3.8, 4) is 0 Å².